The highest BCUT2D eigenvalue weighted by molar-refractivity contribution is 5.79. The summed E-state index contributed by atoms with van der Waals surface area (Å²) in [5, 5.41) is 2.98. The molecule has 0 aromatic heterocycles. The third-order valence-corrected chi connectivity index (χ3v) is 3.02. The quantitative estimate of drug-likeness (QED) is 0.784. The first-order valence-electron chi connectivity index (χ1n) is 6.49. The summed E-state index contributed by atoms with van der Waals surface area (Å²) in [6.45, 7) is 8.40. The Hall–Kier alpha value is -0.610. The molecule has 3 unspecified atom stereocenters. The number of ether oxygens (including phenoxy) is 1. The summed E-state index contributed by atoms with van der Waals surface area (Å²) in [6, 6.07) is 0. The molecule has 1 rings (SSSR count). The highest BCUT2D eigenvalue weighted by Crippen LogP contribution is 2.24. The second-order valence-electron chi connectivity index (χ2n) is 6.05. The molecule has 1 amide bonds. The van der Waals surface area contributed by atoms with Crippen LogP contribution in [0.25, 0.3) is 0 Å². The number of carbonyl (C=O) groups is 1. The van der Waals surface area contributed by atoms with Crippen LogP contribution in [0.3, 0.4) is 0 Å². The molecule has 0 aromatic rings. The van der Waals surface area contributed by atoms with Gasteiger partial charge in [0.25, 0.3) is 0 Å². The molecule has 0 aromatic carbocycles. The SMILES string of the molecule is CC1CCC(CC(CN)C(=O)NC(C)(C)C)O1. The molecule has 1 fully saturated rings. The Morgan fingerprint density at radius 2 is 2.12 bits per heavy atom. The molecule has 0 saturated carbocycles. The monoisotopic (exact) mass is 242 g/mol. The normalized spacial score (nSPS) is 26.9. The van der Waals surface area contributed by atoms with E-state index in [4.69, 9.17) is 10.5 Å². The number of hydrogen-bond donors (Lipinski definition) is 2. The van der Waals surface area contributed by atoms with Gasteiger partial charge in [-0.15, -0.1) is 0 Å². The summed E-state index contributed by atoms with van der Waals surface area (Å²) in [7, 11) is 0. The van der Waals surface area contributed by atoms with Crippen LogP contribution < -0.4 is 11.1 Å². The van der Waals surface area contributed by atoms with Crippen molar-refractivity contribution in [2.45, 2.75) is 64.7 Å². The van der Waals surface area contributed by atoms with Gasteiger partial charge in [0, 0.05) is 12.1 Å². The highest BCUT2D eigenvalue weighted by atomic mass is 16.5. The number of carbonyl (C=O) groups excluding carboxylic acids is 1. The van der Waals surface area contributed by atoms with Gasteiger partial charge in [0.15, 0.2) is 0 Å². The van der Waals surface area contributed by atoms with Crippen LogP contribution in [0.1, 0.15) is 47.0 Å². The zero-order valence-electron chi connectivity index (χ0n) is 11.5. The Morgan fingerprint density at radius 1 is 1.47 bits per heavy atom. The van der Waals surface area contributed by atoms with Gasteiger partial charge in [-0.25, -0.2) is 0 Å². The van der Waals surface area contributed by atoms with Crippen molar-refractivity contribution in [3.05, 3.63) is 0 Å². The second kappa shape index (κ2) is 5.83. The Labute approximate surface area is 104 Å². The van der Waals surface area contributed by atoms with E-state index in [9.17, 15) is 4.79 Å². The fourth-order valence-corrected chi connectivity index (χ4v) is 2.16. The lowest BCUT2D eigenvalue weighted by atomic mass is 9.97. The molecule has 0 spiro atoms. The van der Waals surface area contributed by atoms with Gasteiger partial charge in [-0.05, 0) is 47.0 Å². The molecular weight excluding hydrogens is 216 g/mol. The van der Waals surface area contributed by atoms with Crippen molar-refractivity contribution >= 4 is 5.91 Å². The Kier molecular flexibility index (Phi) is 4.95. The fraction of sp³-hybridized carbons (Fsp3) is 0.923. The van der Waals surface area contributed by atoms with Crippen LogP contribution in [0.5, 0.6) is 0 Å². The molecule has 1 aliphatic rings. The Morgan fingerprint density at radius 3 is 2.53 bits per heavy atom. The average Bonchev–Trinajstić information content (AvgIpc) is 2.57. The van der Waals surface area contributed by atoms with Crippen molar-refractivity contribution in [2.24, 2.45) is 11.7 Å². The average molecular weight is 242 g/mol. The van der Waals surface area contributed by atoms with Crippen LogP contribution in [-0.4, -0.2) is 30.2 Å². The van der Waals surface area contributed by atoms with Crippen LogP contribution in [0.15, 0.2) is 0 Å². The lowest BCUT2D eigenvalue weighted by molar-refractivity contribution is -0.127. The maximum Gasteiger partial charge on any atom is 0.224 e. The molecule has 17 heavy (non-hydrogen) atoms. The topological polar surface area (TPSA) is 64.4 Å². The van der Waals surface area contributed by atoms with Crippen molar-refractivity contribution in [3.8, 4) is 0 Å². The minimum atomic E-state index is -0.200. The maximum atomic E-state index is 12.0. The number of nitrogens with one attached hydrogen (secondary N) is 1. The molecule has 100 valence electrons. The van der Waals surface area contributed by atoms with Crippen molar-refractivity contribution in [2.75, 3.05) is 6.54 Å². The smallest absolute Gasteiger partial charge is 0.224 e. The number of nitrogens with two attached hydrogens (primary N) is 1. The van der Waals surface area contributed by atoms with Crippen LogP contribution in [-0.2, 0) is 9.53 Å². The van der Waals surface area contributed by atoms with E-state index in [1.54, 1.807) is 0 Å². The van der Waals surface area contributed by atoms with E-state index in [1.807, 2.05) is 20.8 Å². The van der Waals surface area contributed by atoms with E-state index in [0.717, 1.165) is 19.3 Å². The minimum absolute atomic E-state index is 0.0446. The lowest BCUT2D eigenvalue weighted by Gasteiger charge is -2.25. The fourth-order valence-electron chi connectivity index (χ4n) is 2.16. The first-order chi connectivity index (χ1) is 7.81. The zero-order valence-corrected chi connectivity index (χ0v) is 11.5. The number of rotatable bonds is 4. The van der Waals surface area contributed by atoms with E-state index >= 15 is 0 Å². The minimum Gasteiger partial charge on any atom is -0.375 e. The van der Waals surface area contributed by atoms with E-state index in [0.29, 0.717) is 12.6 Å². The molecule has 0 aliphatic carbocycles. The van der Waals surface area contributed by atoms with Gasteiger partial charge in [0.1, 0.15) is 0 Å². The van der Waals surface area contributed by atoms with Gasteiger partial charge >= 0.3 is 0 Å². The van der Waals surface area contributed by atoms with Gasteiger partial charge in [0.2, 0.25) is 5.91 Å². The molecule has 0 radical (unpaired) electrons. The van der Waals surface area contributed by atoms with Gasteiger partial charge in [0.05, 0.1) is 18.1 Å². The molecule has 1 aliphatic heterocycles. The third-order valence-electron chi connectivity index (χ3n) is 3.02. The van der Waals surface area contributed by atoms with Gasteiger partial charge < -0.3 is 15.8 Å². The van der Waals surface area contributed by atoms with E-state index in [-0.39, 0.29) is 23.5 Å². The summed E-state index contributed by atoms with van der Waals surface area (Å²) < 4.78 is 5.74. The molecule has 1 saturated heterocycles. The summed E-state index contributed by atoms with van der Waals surface area (Å²) in [6.07, 6.45) is 3.39. The predicted molar refractivity (Wildman–Crippen MR) is 68.6 cm³/mol. The molecule has 4 heteroatoms. The lowest BCUT2D eigenvalue weighted by Crippen LogP contribution is -2.46. The summed E-state index contributed by atoms with van der Waals surface area (Å²) >= 11 is 0. The van der Waals surface area contributed by atoms with Gasteiger partial charge in [-0.1, -0.05) is 0 Å². The summed E-state index contributed by atoms with van der Waals surface area (Å²) in [4.78, 5) is 12.0. The van der Waals surface area contributed by atoms with E-state index in [2.05, 4.69) is 12.2 Å². The second-order valence-corrected chi connectivity index (χ2v) is 6.05. The van der Waals surface area contributed by atoms with E-state index in [1.165, 1.54) is 0 Å². The Bertz CT molecular complexity index is 261. The summed E-state index contributed by atoms with van der Waals surface area (Å²) in [5.41, 5.74) is 5.49. The molecule has 0 bridgehead atoms. The molecular formula is C13H26N2O2. The maximum absolute atomic E-state index is 12.0. The van der Waals surface area contributed by atoms with Crippen LogP contribution in [0.4, 0.5) is 0 Å². The van der Waals surface area contributed by atoms with Crippen molar-refractivity contribution in [1.82, 2.24) is 5.32 Å². The largest absolute Gasteiger partial charge is 0.375 e. The van der Waals surface area contributed by atoms with E-state index < -0.39 is 0 Å². The van der Waals surface area contributed by atoms with Crippen molar-refractivity contribution in [3.63, 3.8) is 0 Å². The zero-order chi connectivity index (χ0) is 13.1. The number of hydrogen-bond acceptors (Lipinski definition) is 3. The van der Waals surface area contributed by atoms with Gasteiger partial charge in [-0.3, -0.25) is 4.79 Å². The molecule has 3 N–H and O–H groups in total. The molecule has 3 atom stereocenters. The van der Waals surface area contributed by atoms with Crippen LogP contribution in [0.2, 0.25) is 0 Å². The summed E-state index contributed by atoms with van der Waals surface area (Å²) in [5.74, 6) is -0.0901. The Balaban J connectivity index is 2.45. The van der Waals surface area contributed by atoms with Crippen molar-refractivity contribution in [1.29, 1.82) is 0 Å². The standard InChI is InChI=1S/C13H26N2O2/c1-9-5-6-11(17-9)7-10(8-14)12(16)15-13(2,3)4/h9-11H,5-8,14H2,1-4H3,(H,15,16). The third kappa shape index (κ3) is 5.04. The van der Waals surface area contributed by atoms with Gasteiger partial charge in [-0.2, -0.15) is 0 Å². The first-order valence-corrected chi connectivity index (χ1v) is 6.49. The number of amides is 1. The predicted octanol–water partition coefficient (Wildman–Crippen LogP) is 1.43. The van der Waals surface area contributed by atoms with Crippen molar-refractivity contribution < 1.29 is 9.53 Å². The molecule has 4 nitrogen and oxygen atoms in total. The van der Waals surface area contributed by atoms with Crippen LogP contribution >= 0.6 is 0 Å². The highest BCUT2D eigenvalue weighted by Gasteiger charge is 2.29. The van der Waals surface area contributed by atoms with Crippen LogP contribution in [0, 0.1) is 5.92 Å². The molecule has 1 heterocycles. The first kappa shape index (κ1) is 14.5.